The van der Waals surface area contributed by atoms with Crippen molar-refractivity contribution in [3.8, 4) is 5.75 Å². The Bertz CT molecular complexity index is 375. The number of benzene rings is 1. The highest BCUT2D eigenvalue weighted by Crippen LogP contribution is 2.19. The standard InChI is InChI=1S/C13H17ClO3/c1-3-8-13(16,10(2)15)9-17-12-6-4-11(14)5-7-12/h4-7,16H,3,8-9H2,1-2H3/t13-/m0/s1. The summed E-state index contributed by atoms with van der Waals surface area (Å²) in [7, 11) is 0. The molecule has 0 fully saturated rings. The Morgan fingerprint density at radius 3 is 2.47 bits per heavy atom. The Balaban J connectivity index is 2.64. The van der Waals surface area contributed by atoms with Gasteiger partial charge in [-0.3, -0.25) is 4.79 Å². The molecule has 1 atom stereocenters. The van der Waals surface area contributed by atoms with Gasteiger partial charge in [-0.05, 0) is 37.6 Å². The smallest absolute Gasteiger partial charge is 0.164 e. The first-order valence-electron chi connectivity index (χ1n) is 5.60. The van der Waals surface area contributed by atoms with Crippen molar-refractivity contribution in [2.24, 2.45) is 0 Å². The van der Waals surface area contributed by atoms with E-state index in [0.717, 1.165) is 6.42 Å². The highest BCUT2D eigenvalue weighted by Gasteiger charge is 2.32. The molecule has 0 saturated heterocycles. The van der Waals surface area contributed by atoms with Gasteiger partial charge < -0.3 is 9.84 Å². The van der Waals surface area contributed by atoms with Crippen LogP contribution in [0.15, 0.2) is 24.3 Å². The minimum absolute atomic E-state index is 0.0300. The van der Waals surface area contributed by atoms with Gasteiger partial charge in [0.25, 0.3) is 0 Å². The van der Waals surface area contributed by atoms with Crippen molar-refractivity contribution in [1.82, 2.24) is 0 Å². The third-order valence-corrected chi connectivity index (χ3v) is 2.86. The summed E-state index contributed by atoms with van der Waals surface area (Å²) in [5.74, 6) is 0.318. The molecule has 17 heavy (non-hydrogen) atoms. The number of rotatable bonds is 6. The van der Waals surface area contributed by atoms with Gasteiger partial charge in [0.05, 0.1) is 0 Å². The van der Waals surface area contributed by atoms with E-state index < -0.39 is 5.60 Å². The zero-order chi connectivity index (χ0) is 12.9. The van der Waals surface area contributed by atoms with Gasteiger partial charge in [0.15, 0.2) is 11.4 Å². The van der Waals surface area contributed by atoms with Crippen LogP contribution in [-0.2, 0) is 4.79 Å². The van der Waals surface area contributed by atoms with Gasteiger partial charge in [0.2, 0.25) is 0 Å². The Labute approximate surface area is 106 Å². The second kappa shape index (κ2) is 6.03. The van der Waals surface area contributed by atoms with Gasteiger partial charge in [-0.25, -0.2) is 0 Å². The lowest BCUT2D eigenvalue weighted by Gasteiger charge is -2.24. The Hall–Kier alpha value is -1.06. The average Bonchev–Trinajstić information content (AvgIpc) is 2.28. The third-order valence-electron chi connectivity index (χ3n) is 2.61. The fraction of sp³-hybridized carbons (Fsp3) is 0.462. The van der Waals surface area contributed by atoms with E-state index in [1.165, 1.54) is 6.92 Å². The van der Waals surface area contributed by atoms with Gasteiger partial charge in [-0.15, -0.1) is 0 Å². The van der Waals surface area contributed by atoms with E-state index in [0.29, 0.717) is 17.2 Å². The number of carbonyl (C=O) groups excluding carboxylic acids is 1. The molecule has 0 bridgehead atoms. The Morgan fingerprint density at radius 1 is 1.41 bits per heavy atom. The van der Waals surface area contributed by atoms with Crippen LogP contribution in [0.3, 0.4) is 0 Å². The number of aliphatic hydroxyl groups is 1. The topological polar surface area (TPSA) is 46.5 Å². The highest BCUT2D eigenvalue weighted by molar-refractivity contribution is 6.30. The van der Waals surface area contributed by atoms with Crippen molar-refractivity contribution in [2.75, 3.05) is 6.61 Å². The summed E-state index contributed by atoms with van der Waals surface area (Å²) < 4.78 is 5.41. The first-order valence-corrected chi connectivity index (χ1v) is 5.97. The maximum absolute atomic E-state index is 11.4. The lowest BCUT2D eigenvalue weighted by atomic mass is 9.95. The minimum atomic E-state index is -1.39. The van der Waals surface area contributed by atoms with Crippen molar-refractivity contribution in [1.29, 1.82) is 0 Å². The number of halogens is 1. The lowest BCUT2D eigenvalue weighted by molar-refractivity contribution is -0.139. The van der Waals surface area contributed by atoms with Crippen molar-refractivity contribution in [2.45, 2.75) is 32.3 Å². The molecule has 0 aromatic heterocycles. The molecule has 0 spiro atoms. The van der Waals surface area contributed by atoms with Crippen molar-refractivity contribution in [3.05, 3.63) is 29.3 Å². The van der Waals surface area contributed by atoms with Gasteiger partial charge in [-0.1, -0.05) is 24.9 Å². The fourth-order valence-electron chi connectivity index (χ4n) is 1.50. The van der Waals surface area contributed by atoms with E-state index in [9.17, 15) is 9.90 Å². The fourth-order valence-corrected chi connectivity index (χ4v) is 1.62. The van der Waals surface area contributed by atoms with Gasteiger partial charge in [0, 0.05) is 5.02 Å². The van der Waals surface area contributed by atoms with Crippen LogP contribution in [0, 0.1) is 0 Å². The number of Topliss-reactive ketones (excluding diaryl/α,β-unsaturated/α-hetero) is 1. The number of carbonyl (C=O) groups is 1. The molecule has 0 aliphatic heterocycles. The molecule has 4 heteroatoms. The van der Waals surface area contributed by atoms with E-state index in [1.807, 2.05) is 6.92 Å². The summed E-state index contributed by atoms with van der Waals surface area (Å²) in [6.07, 6.45) is 1.12. The predicted octanol–water partition coefficient (Wildman–Crippen LogP) is 2.84. The second-order valence-corrected chi connectivity index (χ2v) is 4.52. The van der Waals surface area contributed by atoms with Crippen LogP contribution in [0.5, 0.6) is 5.75 Å². The number of hydrogen-bond acceptors (Lipinski definition) is 3. The van der Waals surface area contributed by atoms with Crippen LogP contribution in [0.4, 0.5) is 0 Å². The minimum Gasteiger partial charge on any atom is -0.490 e. The van der Waals surface area contributed by atoms with E-state index in [2.05, 4.69) is 0 Å². The quantitative estimate of drug-likeness (QED) is 0.851. The molecule has 1 N–H and O–H groups in total. The average molecular weight is 257 g/mol. The molecule has 0 aliphatic rings. The summed E-state index contributed by atoms with van der Waals surface area (Å²) in [4.78, 5) is 11.4. The molecule has 0 amide bonds. The molecule has 1 aromatic carbocycles. The zero-order valence-corrected chi connectivity index (χ0v) is 10.8. The summed E-state index contributed by atoms with van der Waals surface area (Å²) >= 11 is 5.74. The molecule has 0 aliphatic carbocycles. The van der Waals surface area contributed by atoms with E-state index in [-0.39, 0.29) is 12.4 Å². The highest BCUT2D eigenvalue weighted by atomic mass is 35.5. The lowest BCUT2D eigenvalue weighted by Crippen LogP contribution is -2.42. The molecular formula is C13H17ClO3. The van der Waals surface area contributed by atoms with Crippen LogP contribution >= 0.6 is 11.6 Å². The molecule has 0 unspecified atom stereocenters. The Morgan fingerprint density at radius 2 is 2.00 bits per heavy atom. The van der Waals surface area contributed by atoms with Gasteiger partial charge in [-0.2, -0.15) is 0 Å². The summed E-state index contributed by atoms with van der Waals surface area (Å²) in [5, 5.41) is 10.7. The van der Waals surface area contributed by atoms with Crippen molar-refractivity contribution >= 4 is 17.4 Å². The third kappa shape index (κ3) is 4.02. The van der Waals surface area contributed by atoms with E-state index >= 15 is 0 Å². The molecular weight excluding hydrogens is 240 g/mol. The summed E-state index contributed by atoms with van der Waals surface area (Å²) in [6, 6.07) is 6.80. The van der Waals surface area contributed by atoms with Crippen LogP contribution in [0.25, 0.3) is 0 Å². The Kier molecular flexibility index (Phi) is 4.97. The molecule has 0 radical (unpaired) electrons. The number of hydrogen-bond donors (Lipinski definition) is 1. The maximum Gasteiger partial charge on any atom is 0.164 e. The molecule has 0 heterocycles. The number of ketones is 1. The van der Waals surface area contributed by atoms with Crippen LogP contribution < -0.4 is 4.74 Å². The molecule has 0 saturated carbocycles. The monoisotopic (exact) mass is 256 g/mol. The number of ether oxygens (including phenoxy) is 1. The van der Waals surface area contributed by atoms with Crippen LogP contribution in [0.2, 0.25) is 5.02 Å². The molecule has 94 valence electrons. The second-order valence-electron chi connectivity index (χ2n) is 4.08. The summed E-state index contributed by atoms with van der Waals surface area (Å²) in [6.45, 7) is 3.26. The van der Waals surface area contributed by atoms with E-state index in [1.54, 1.807) is 24.3 Å². The van der Waals surface area contributed by atoms with E-state index in [4.69, 9.17) is 16.3 Å². The van der Waals surface area contributed by atoms with Crippen LogP contribution in [-0.4, -0.2) is 23.1 Å². The summed E-state index contributed by atoms with van der Waals surface area (Å²) in [5.41, 5.74) is -1.39. The SMILES string of the molecule is CCC[C@](O)(COc1ccc(Cl)cc1)C(C)=O. The van der Waals surface area contributed by atoms with Gasteiger partial charge >= 0.3 is 0 Å². The maximum atomic E-state index is 11.4. The molecule has 1 rings (SSSR count). The first-order chi connectivity index (χ1) is 7.98. The largest absolute Gasteiger partial charge is 0.490 e. The van der Waals surface area contributed by atoms with Crippen LogP contribution in [0.1, 0.15) is 26.7 Å². The predicted molar refractivity (Wildman–Crippen MR) is 67.5 cm³/mol. The molecule has 3 nitrogen and oxygen atoms in total. The molecule has 1 aromatic rings. The van der Waals surface area contributed by atoms with Crippen molar-refractivity contribution < 1.29 is 14.6 Å². The zero-order valence-electron chi connectivity index (χ0n) is 10.1. The van der Waals surface area contributed by atoms with Gasteiger partial charge in [0.1, 0.15) is 12.4 Å². The normalized spacial score (nSPS) is 14.1. The first kappa shape index (κ1) is 14.0. The van der Waals surface area contributed by atoms with Crippen molar-refractivity contribution in [3.63, 3.8) is 0 Å².